The topological polar surface area (TPSA) is 69.6 Å². The summed E-state index contributed by atoms with van der Waals surface area (Å²) >= 11 is 4.98. The molecule has 2 amide bonds. The third-order valence-corrected chi connectivity index (χ3v) is 4.34. The van der Waals surface area contributed by atoms with Crippen molar-refractivity contribution in [2.75, 3.05) is 19.1 Å². The first-order chi connectivity index (χ1) is 9.95. The van der Waals surface area contributed by atoms with E-state index in [0.717, 1.165) is 10.0 Å². The van der Waals surface area contributed by atoms with Gasteiger partial charge in [-0.25, -0.2) is 9.59 Å². The summed E-state index contributed by atoms with van der Waals surface area (Å²) in [5, 5.41) is 11.7. The van der Waals surface area contributed by atoms with Crippen LogP contribution in [0.5, 0.6) is 0 Å². The highest BCUT2D eigenvalue weighted by Crippen LogP contribution is 2.17. The molecule has 0 aliphatic heterocycles. The van der Waals surface area contributed by atoms with Gasteiger partial charge < -0.3 is 15.3 Å². The van der Waals surface area contributed by atoms with E-state index in [4.69, 9.17) is 5.11 Å². The number of benzene rings is 1. The zero-order chi connectivity index (χ0) is 15.8. The molecular formula is C14H19BrN2O3S. The fourth-order valence-corrected chi connectivity index (χ4v) is 2.59. The average molecular weight is 375 g/mol. The summed E-state index contributed by atoms with van der Waals surface area (Å²) in [6.07, 6.45) is 2.31. The van der Waals surface area contributed by atoms with Crippen molar-refractivity contribution in [1.29, 1.82) is 0 Å². The second-order valence-electron chi connectivity index (χ2n) is 4.57. The molecule has 0 saturated carbocycles. The second-order valence-corrected chi connectivity index (χ2v) is 6.41. The van der Waals surface area contributed by atoms with E-state index in [2.05, 4.69) is 21.2 Å². The van der Waals surface area contributed by atoms with Crippen LogP contribution in [0.3, 0.4) is 0 Å². The number of hydrogen-bond donors (Lipinski definition) is 2. The van der Waals surface area contributed by atoms with Crippen LogP contribution in [0.15, 0.2) is 28.7 Å². The zero-order valence-electron chi connectivity index (χ0n) is 12.0. The van der Waals surface area contributed by atoms with E-state index < -0.39 is 12.0 Å². The fraction of sp³-hybridized carbons (Fsp3) is 0.429. The maximum atomic E-state index is 12.1. The maximum Gasteiger partial charge on any atom is 0.326 e. The largest absolute Gasteiger partial charge is 0.480 e. The van der Waals surface area contributed by atoms with Crippen LogP contribution in [0, 0.1) is 0 Å². The summed E-state index contributed by atoms with van der Waals surface area (Å²) < 4.78 is 0.918. The molecule has 5 nitrogen and oxygen atoms in total. The van der Waals surface area contributed by atoms with Gasteiger partial charge in [-0.2, -0.15) is 11.8 Å². The molecular weight excluding hydrogens is 356 g/mol. The number of urea groups is 1. The molecule has 1 unspecified atom stereocenters. The first-order valence-electron chi connectivity index (χ1n) is 6.42. The summed E-state index contributed by atoms with van der Waals surface area (Å²) in [4.78, 5) is 24.7. The van der Waals surface area contributed by atoms with Crippen molar-refractivity contribution in [2.45, 2.75) is 19.0 Å². The number of halogens is 1. The van der Waals surface area contributed by atoms with E-state index in [0.29, 0.717) is 18.7 Å². The third kappa shape index (κ3) is 5.97. The fourth-order valence-electron chi connectivity index (χ4n) is 1.71. The van der Waals surface area contributed by atoms with Crippen LogP contribution in [-0.2, 0) is 11.3 Å². The molecule has 0 bridgehead atoms. The van der Waals surface area contributed by atoms with Gasteiger partial charge in [0.2, 0.25) is 0 Å². The van der Waals surface area contributed by atoms with Gasteiger partial charge in [-0.1, -0.05) is 34.1 Å². The van der Waals surface area contributed by atoms with Crippen molar-refractivity contribution in [3.05, 3.63) is 34.3 Å². The highest BCUT2D eigenvalue weighted by atomic mass is 79.9. The van der Waals surface area contributed by atoms with Crippen molar-refractivity contribution in [1.82, 2.24) is 10.2 Å². The Bertz CT molecular complexity index is 499. The van der Waals surface area contributed by atoms with Crippen LogP contribution in [0.4, 0.5) is 4.79 Å². The number of carbonyl (C=O) groups excluding carboxylic acids is 1. The smallest absolute Gasteiger partial charge is 0.326 e. The lowest BCUT2D eigenvalue weighted by atomic mass is 10.2. The van der Waals surface area contributed by atoms with Gasteiger partial charge in [0.05, 0.1) is 0 Å². The molecule has 1 aromatic rings. The minimum atomic E-state index is -1.01. The summed E-state index contributed by atoms with van der Waals surface area (Å²) in [6, 6.07) is 6.36. The van der Waals surface area contributed by atoms with Crippen LogP contribution >= 0.6 is 27.7 Å². The van der Waals surface area contributed by atoms with E-state index in [1.165, 1.54) is 4.90 Å². The number of carboxylic acid groups (broad SMARTS) is 1. The molecule has 1 aromatic carbocycles. The molecule has 0 aliphatic rings. The lowest BCUT2D eigenvalue weighted by Gasteiger charge is -2.21. The molecule has 0 heterocycles. The Kier molecular flexibility index (Phi) is 7.60. The number of hydrogen-bond acceptors (Lipinski definition) is 3. The Morgan fingerprint density at radius 3 is 2.67 bits per heavy atom. The van der Waals surface area contributed by atoms with Gasteiger partial charge in [0.1, 0.15) is 6.04 Å². The molecule has 116 valence electrons. The van der Waals surface area contributed by atoms with Crippen molar-refractivity contribution in [2.24, 2.45) is 0 Å². The lowest BCUT2D eigenvalue weighted by molar-refractivity contribution is -0.139. The molecule has 7 heteroatoms. The Balaban J connectivity index is 2.61. The summed E-state index contributed by atoms with van der Waals surface area (Å²) in [7, 11) is 1.64. The predicted molar refractivity (Wildman–Crippen MR) is 88.6 cm³/mol. The number of nitrogens with zero attached hydrogens (tertiary/aromatic N) is 1. The number of rotatable bonds is 7. The van der Waals surface area contributed by atoms with Gasteiger partial charge in [-0.3, -0.25) is 0 Å². The van der Waals surface area contributed by atoms with Crippen LogP contribution in [0.25, 0.3) is 0 Å². The van der Waals surface area contributed by atoms with Gasteiger partial charge in [0.15, 0.2) is 0 Å². The second kappa shape index (κ2) is 8.94. The van der Waals surface area contributed by atoms with E-state index in [-0.39, 0.29) is 6.03 Å². The summed E-state index contributed by atoms with van der Waals surface area (Å²) in [5.74, 6) is -0.322. The van der Waals surface area contributed by atoms with Gasteiger partial charge in [0, 0.05) is 18.1 Å². The number of carboxylic acids is 1. The van der Waals surface area contributed by atoms with E-state index in [1.807, 2.05) is 30.5 Å². The highest BCUT2D eigenvalue weighted by molar-refractivity contribution is 9.10. The predicted octanol–water partition coefficient (Wildman–Crippen LogP) is 2.80. The maximum absolute atomic E-state index is 12.1. The monoisotopic (exact) mass is 374 g/mol. The minimum Gasteiger partial charge on any atom is -0.480 e. The normalized spacial score (nSPS) is 11.8. The molecule has 0 fully saturated rings. The number of aliphatic carboxylic acids is 1. The summed E-state index contributed by atoms with van der Waals surface area (Å²) in [5.41, 5.74) is 0.964. The molecule has 0 radical (unpaired) electrons. The van der Waals surface area contributed by atoms with Crippen molar-refractivity contribution in [3.63, 3.8) is 0 Å². The SMILES string of the molecule is CSCCC(NC(=O)N(C)Cc1ccccc1Br)C(=O)O. The molecule has 21 heavy (non-hydrogen) atoms. The highest BCUT2D eigenvalue weighted by Gasteiger charge is 2.21. The van der Waals surface area contributed by atoms with E-state index in [9.17, 15) is 9.59 Å². The Morgan fingerprint density at radius 1 is 1.43 bits per heavy atom. The first kappa shape index (κ1) is 17.8. The number of amides is 2. The Hall–Kier alpha value is -1.21. The van der Waals surface area contributed by atoms with Gasteiger partial charge in [-0.05, 0) is 30.1 Å². The summed E-state index contributed by atoms with van der Waals surface area (Å²) in [6.45, 7) is 0.405. The first-order valence-corrected chi connectivity index (χ1v) is 8.61. The molecule has 0 saturated heterocycles. The minimum absolute atomic E-state index is 0.390. The van der Waals surface area contributed by atoms with Crippen molar-refractivity contribution >= 4 is 39.7 Å². The van der Waals surface area contributed by atoms with Gasteiger partial charge in [-0.15, -0.1) is 0 Å². The molecule has 2 N–H and O–H groups in total. The van der Waals surface area contributed by atoms with Crippen LogP contribution in [0.1, 0.15) is 12.0 Å². The van der Waals surface area contributed by atoms with E-state index >= 15 is 0 Å². The van der Waals surface area contributed by atoms with E-state index in [1.54, 1.807) is 18.8 Å². The van der Waals surface area contributed by atoms with Crippen molar-refractivity contribution < 1.29 is 14.7 Å². The Labute approximate surface area is 137 Å². The molecule has 0 aromatic heterocycles. The molecule has 1 rings (SSSR count). The number of carbonyl (C=O) groups is 2. The lowest BCUT2D eigenvalue weighted by Crippen LogP contribution is -2.46. The number of nitrogens with one attached hydrogen (secondary N) is 1. The van der Waals surface area contributed by atoms with Gasteiger partial charge >= 0.3 is 12.0 Å². The Morgan fingerprint density at radius 2 is 2.10 bits per heavy atom. The third-order valence-electron chi connectivity index (χ3n) is 2.92. The average Bonchev–Trinajstić information content (AvgIpc) is 2.45. The molecule has 0 aliphatic carbocycles. The standard InChI is InChI=1S/C14H19BrN2O3S/c1-17(9-10-5-3-4-6-11(10)15)14(20)16-12(13(18)19)7-8-21-2/h3-6,12H,7-9H2,1-2H3,(H,16,20)(H,18,19). The molecule has 1 atom stereocenters. The van der Waals surface area contributed by atoms with Crippen LogP contribution < -0.4 is 5.32 Å². The van der Waals surface area contributed by atoms with Crippen LogP contribution in [0.2, 0.25) is 0 Å². The van der Waals surface area contributed by atoms with Crippen molar-refractivity contribution in [3.8, 4) is 0 Å². The van der Waals surface area contributed by atoms with Crippen LogP contribution in [-0.4, -0.2) is 47.1 Å². The molecule has 0 spiro atoms. The van der Waals surface area contributed by atoms with Gasteiger partial charge in [0.25, 0.3) is 0 Å². The quantitative estimate of drug-likeness (QED) is 0.769. The number of thioether (sulfide) groups is 1. The zero-order valence-corrected chi connectivity index (χ0v) is 14.4.